The van der Waals surface area contributed by atoms with Crippen LogP contribution in [0.2, 0.25) is 5.02 Å². The van der Waals surface area contributed by atoms with Gasteiger partial charge in [-0.3, -0.25) is 4.84 Å². The molecule has 1 saturated heterocycles. The summed E-state index contributed by atoms with van der Waals surface area (Å²) in [6.45, 7) is 3.43. The molecule has 1 aliphatic rings. The molecule has 3 aromatic heterocycles. The first-order valence-electron chi connectivity index (χ1n) is 8.49. The highest BCUT2D eigenvalue weighted by atomic mass is 35.5. The number of ether oxygens (including phenoxy) is 1. The molecule has 10 heteroatoms. The van der Waals surface area contributed by atoms with Crippen LogP contribution in [-0.2, 0) is 4.84 Å². The predicted octanol–water partition coefficient (Wildman–Crippen LogP) is 1.69. The van der Waals surface area contributed by atoms with Crippen LogP contribution in [0.3, 0.4) is 0 Å². The van der Waals surface area contributed by atoms with Crippen LogP contribution in [0.15, 0.2) is 30.7 Å². The third-order valence-electron chi connectivity index (χ3n) is 4.36. The number of likely N-dealkylation sites (N-methyl/N-ethyl adjacent to an activating group) is 1. The average molecular weight is 391 g/mol. The number of halogens is 1. The molecular weight excluding hydrogens is 372 g/mol. The van der Waals surface area contributed by atoms with E-state index in [9.17, 15) is 5.11 Å². The lowest BCUT2D eigenvalue weighted by atomic mass is 10.4. The monoisotopic (exact) mass is 390 g/mol. The lowest BCUT2D eigenvalue weighted by Crippen LogP contribution is -2.44. The van der Waals surface area contributed by atoms with Gasteiger partial charge in [-0.2, -0.15) is 5.06 Å². The zero-order valence-electron chi connectivity index (χ0n) is 14.7. The van der Waals surface area contributed by atoms with Crippen LogP contribution in [0, 0.1) is 0 Å². The van der Waals surface area contributed by atoms with E-state index in [4.69, 9.17) is 21.2 Å². The molecule has 1 N–H and O–H groups in total. The van der Waals surface area contributed by atoms with Gasteiger partial charge in [0.2, 0.25) is 18.6 Å². The van der Waals surface area contributed by atoms with Gasteiger partial charge in [0.25, 0.3) is 0 Å². The molecule has 1 aliphatic heterocycles. The molecule has 142 valence electrons. The lowest BCUT2D eigenvalue weighted by molar-refractivity contribution is -0.213. The molecule has 0 spiro atoms. The minimum absolute atomic E-state index is 0.0214. The SMILES string of the molecule is CN1CCN(OCOc2c3nccnc3c(O)n2-c2ccc(Cl)cn2)CC1. The van der Waals surface area contributed by atoms with Gasteiger partial charge in [-0.1, -0.05) is 11.6 Å². The number of nitrogens with zero attached hydrogens (tertiary/aromatic N) is 6. The van der Waals surface area contributed by atoms with Gasteiger partial charge in [-0.05, 0) is 19.2 Å². The van der Waals surface area contributed by atoms with Crippen molar-refractivity contribution in [1.29, 1.82) is 0 Å². The quantitative estimate of drug-likeness (QED) is 0.658. The maximum Gasteiger partial charge on any atom is 0.233 e. The van der Waals surface area contributed by atoms with Crippen LogP contribution < -0.4 is 4.74 Å². The second kappa shape index (κ2) is 7.65. The number of hydrogen-bond donors (Lipinski definition) is 1. The molecule has 3 aromatic rings. The molecule has 0 amide bonds. The Hall–Kier alpha value is -2.46. The number of aromatic hydroxyl groups is 1. The van der Waals surface area contributed by atoms with E-state index < -0.39 is 0 Å². The fraction of sp³-hybridized carbons (Fsp3) is 0.353. The Balaban J connectivity index is 1.60. The van der Waals surface area contributed by atoms with Crippen molar-refractivity contribution in [2.24, 2.45) is 0 Å². The van der Waals surface area contributed by atoms with Crippen LogP contribution in [-0.4, -0.2) is 74.6 Å². The van der Waals surface area contributed by atoms with Crippen molar-refractivity contribution >= 4 is 22.6 Å². The van der Waals surface area contributed by atoms with E-state index in [1.807, 2.05) is 5.06 Å². The number of piperazine rings is 1. The Morgan fingerprint density at radius 3 is 2.52 bits per heavy atom. The van der Waals surface area contributed by atoms with Crippen molar-refractivity contribution in [3.63, 3.8) is 0 Å². The molecule has 0 unspecified atom stereocenters. The van der Waals surface area contributed by atoms with Gasteiger partial charge in [0.1, 0.15) is 5.82 Å². The molecule has 27 heavy (non-hydrogen) atoms. The third-order valence-corrected chi connectivity index (χ3v) is 4.59. The number of hydrogen-bond acceptors (Lipinski definition) is 8. The number of rotatable bonds is 5. The van der Waals surface area contributed by atoms with Gasteiger partial charge < -0.3 is 14.7 Å². The van der Waals surface area contributed by atoms with Crippen molar-refractivity contribution in [3.05, 3.63) is 35.7 Å². The fourth-order valence-electron chi connectivity index (χ4n) is 2.89. The highest BCUT2D eigenvalue weighted by Gasteiger charge is 2.23. The molecule has 0 aromatic carbocycles. The smallest absolute Gasteiger partial charge is 0.233 e. The standard InChI is InChI=1S/C17H19ClN6O3/c1-22-6-8-23(9-7-22)27-11-26-17-15-14(19-4-5-20-15)16(25)24(17)13-3-2-12(18)10-21-13/h2-5,10,25H,6-9,11H2,1H3. The number of hydroxylamine groups is 2. The maximum absolute atomic E-state index is 10.6. The van der Waals surface area contributed by atoms with Gasteiger partial charge in [-0.25, -0.2) is 19.5 Å². The first kappa shape index (κ1) is 17.9. The second-order valence-corrected chi connectivity index (χ2v) is 6.61. The van der Waals surface area contributed by atoms with Crippen molar-refractivity contribution in [3.8, 4) is 17.6 Å². The Bertz CT molecular complexity index is 924. The fourth-order valence-corrected chi connectivity index (χ4v) is 3.00. The molecule has 0 radical (unpaired) electrons. The average Bonchev–Trinajstić information content (AvgIpc) is 2.97. The third kappa shape index (κ3) is 3.67. The predicted molar refractivity (Wildman–Crippen MR) is 99.0 cm³/mol. The molecule has 0 bridgehead atoms. The van der Waals surface area contributed by atoms with Crippen molar-refractivity contribution < 1.29 is 14.7 Å². The first-order chi connectivity index (χ1) is 13.1. The van der Waals surface area contributed by atoms with Gasteiger partial charge >= 0.3 is 0 Å². The lowest BCUT2D eigenvalue weighted by Gasteiger charge is -2.31. The van der Waals surface area contributed by atoms with Gasteiger partial charge in [0.15, 0.2) is 11.0 Å². The number of aromatic nitrogens is 4. The van der Waals surface area contributed by atoms with Crippen LogP contribution in [0.1, 0.15) is 0 Å². The van der Waals surface area contributed by atoms with Crippen molar-refractivity contribution in [1.82, 2.24) is 29.5 Å². The molecule has 1 fully saturated rings. The Morgan fingerprint density at radius 1 is 1.07 bits per heavy atom. The van der Waals surface area contributed by atoms with Gasteiger partial charge in [0, 0.05) is 44.8 Å². The highest BCUT2D eigenvalue weighted by molar-refractivity contribution is 6.30. The summed E-state index contributed by atoms with van der Waals surface area (Å²) in [5, 5.41) is 13.0. The Morgan fingerprint density at radius 2 is 1.81 bits per heavy atom. The minimum atomic E-state index is -0.109. The van der Waals surface area contributed by atoms with E-state index in [0.29, 0.717) is 27.8 Å². The van der Waals surface area contributed by atoms with Crippen molar-refractivity contribution in [2.45, 2.75) is 0 Å². The molecule has 0 aliphatic carbocycles. The number of pyridine rings is 1. The van der Waals surface area contributed by atoms with Crippen LogP contribution in [0.25, 0.3) is 16.9 Å². The molecule has 0 saturated carbocycles. The molecule has 4 rings (SSSR count). The largest absolute Gasteiger partial charge is 0.493 e. The van der Waals surface area contributed by atoms with Crippen LogP contribution >= 0.6 is 11.6 Å². The number of fused-ring (bicyclic) bond motifs is 1. The topological polar surface area (TPSA) is 88.8 Å². The molecule has 9 nitrogen and oxygen atoms in total. The second-order valence-electron chi connectivity index (χ2n) is 6.18. The van der Waals surface area contributed by atoms with Crippen LogP contribution in [0.5, 0.6) is 11.8 Å². The summed E-state index contributed by atoms with van der Waals surface area (Å²) in [4.78, 5) is 20.7. The summed E-state index contributed by atoms with van der Waals surface area (Å²) in [6, 6.07) is 3.36. The van der Waals surface area contributed by atoms with Gasteiger partial charge in [0.05, 0.1) is 5.02 Å². The first-order valence-corrected chi connectivity index (χ1v) is 8.87. The molecule has 0 atom stereocenters. The molecular formula is C17H19ClN6O3. The summed E-state index contributed by atoms with van der Waals surface area (Å²) < 4.78 is 7.27. The highest BCUT2D eigenvalue weighted by Crippen LogP contribution is 2.36. The summed E-state index contributed by atoms with van der Waals surface area (Å²) >= 11 is 5.92. The minimum Gasteiger partial charge on any atom is -0.493 e. The van der Waals surface area contributed by atoms with E-state index in [-0.39, 0.29) is 12.7 Å². The Labute approximate surface area is 160 Å². The summed E-state index contributed by atoms with van der Waals surface area (Å²) in [6.07, 6.45) is 4.54. The molecule has 4 heterocycles. The van der Waals surface area contributed by atoms with E-state index in [2.05, 4.69) is 26.9 Å². The zero-order valence-corrected chi connectivity index (χ0v) is 15.5. The summed E-state index contributed by atoms with van der Waals surface area (Å²) in [5.74, 6) is 0.633. The van der Waals surface area contributed by atoms with Gasteiger partial charge in [-0.15, -0.1) is 0 Å². The van der Waals surface area contributed by atoms with E-state index >= 15 is 0 Å². The maximum atomic E-state index is 10.6. The van der Waals surface area contributed by atoms with E-state index in [0.717, 1.165) is 26.2 Å². The summed E-state index contributed by atoms with van der Waals surface area (Å²) in [5.41, 5.74) is 0.748. The van der Waals surface area contributed by atoms with E-state index in [1.54, 1.807) is 12.1 Å². The Kier molecular flexibility index (Phi) is 5.08. The normalized spacial score (nSPS) is 16.1. The zero-order chi connectivity index (χ0) is 18.8. The summed E-state index contributed by atoms with van der Waals surface area (Å²) in [7, 11) is 2.08. The van der Waals surface area contributed by atoms with Crippen molar-refractivity contribution in [2.75, 3.05) is 40.0 Å². The van der Waals surface area contributed by atoms with E-state index in [1.165, 1.54) is 23.2 Å². The van der Waals surface area contributed by atoms with Crippen LogP contribution in [0.4, 0.5) is 0 Å².